The van der Waals surface area contributed by atoms with E-state index >= 15 is 0 Å². The Bertz CT molecular complexity index is 483. The van der Waals surface area contributed by atoms with Gasteiger partial charge in [-0.3, -0.25) is 0 Å². The lowest BCUT2D eigenvalue weighted by atomic mass is 10.0. The molecule has 1 rings (SSSR count). The summed E-state index contributed by atoms with van der Waals surface area (Å²) in [6, 6.07) is 3.61. The molecule has 0 amide bonds. The van der Waals surface area contributed by atoms with E-state index in [1.807, 2.05) is 13.0 Å². The van der Waals surface area contributed by atoms with Crippen molar-refractivity contribution >= 4 is 11.7 Å². The summed E-state index contributed by atoms with van der Waals surface area (Å²) in [5, 5.41) is 9.30. The molecule has 5 nitrogen and oxygen atoms in total. The fraction of sp³-hybridized carbons (Fsp3) is 0.500. The SMILES string of the molecule is COc1ccc(N(C)C(C)(C)C(=O)O)c(OC)c1C. The molecule has 19 heavy (non-hydrogen) atoms. The number of methoxy groups -OCH3 is 2. The van der Waals surface area contributed by atoms with Gasteiger partial charge in [0.25, 0.3) is 0 Å². The second kappa shape index (κ2) is 5.38. The van der Waals surface area contributed by atoms with Gasteiger partial charge in [0.05, 0.1) is 19.9 Å². The average molecular weight is 267 g/mol. The molecule has 0 radical (unpaired) electrons. The second-order valence-electron chi connectivity index (χ2n) is 4.87. The number of likely N-dealkylation sites (N-methyl/N-ethyl adjacent to an activating group) is 1. The smallest absolute Gasteiger partial charge is 0.328 e. The van der Waals surface area contributed by atoms with E-state index in [0.717, 1.165) is 5.56 Å². The largest absolute Gasteiger partial charge is 0.496 e. The maximum atomic E-state index is 11.3. The Morgan fingerprint density at radius 3 is 2.26 bits per heavy atom. The van der Waals surface area contributed by atoms with Crippen molar-refractivity contribution < 1.29 is 19.4 Å². The summed E-state index contributed by atoms with van der Waals surface area (Å²) in [5.74, 6) is 0.434. The lowest BCUT2D eigenvalue weighted by Gasteiger charge is -2.34. The lowest BCUT2D eigenvalue weighted by Crippen LogP contribution is -2.48. The van der Waals surface area contributed by atoms with Crippen LogP contribution in [0.15, 0.2) is 12.1 Å². The first-order chi connectivity index (χ1) is 8.77. The van der Waals surface area contributed by atoms with Crippen LogP contribution < -0.4 is 14.4 Å². The Morgan fingerprint density at radius 2 is 1.84 bits per heavy atom. The highest BCUT2D eigenvalue weighted by Crippen LogP contribution is 2.39. The van der Waals surface area contributed by atoms with Gasteiger partial charge in [-0.1, -0.05) is 0 Å². The molecule has 0 aromatic heterocycles. The number of benzene rings is 1. The van der Waals surface area contributed by atoms with Crippen LogP contribution in [0.4, 0.5) is 5.69 Å². The van der Waals surface area contributed by atoms with Crippen LogP contribution in [0.25, 0.3) is 0 Å². The maximum absolute atomic E-state index is 11.3. The van der Waals surface area contributed by atoms with Crippen LogP contribution in [0.2, 0.25) is 0 Å². The van der Waals surface area contributed by atoms with Crippen LogP contribution in [-0.2, 0) is 4.79 Å². The van der Waals surface area contributed by atoms with E-state index in [9.17, 15) is 9.90 Å². The minimum Gasteiger partial charge on any atom is -0.496 e. The average Bonchev–Trinajstić information content (AvgIpc) is 2.37. The first-order valence-electron chi connectivity index (χ1n) is 5.96. The first kappa shape index (κ1) is 15.1. The molecular weight excluding hydrogens is 246 g/mol. The topological polar surface area (TPSA) is 59.0 Å². The Hall–Kier alpha value is -1.91. The molecule has 1 N–H and O–H groups in total. The van der Waals surface area contributed by atoms with Crippen molar-refractivity contribution in [1.29, 1.82) is 0 Å². The highest BCUT2D eigenvalue weighted by atomic mass is 16.5. The number of nitrogens with zero attached hydrogens (tertiary/aromatic N) is 1. The fourth-order valence-corrected chi connectivity index (χ4v) is 1.85. The van der Waals surface area contributed by atoms with E-state index < -0.39 is 11.5 Å². The molecule has 106 valence electrons. The van der Waals surface area contributed by atoms with Gasteiger partial charge in [0.15, 0.2) is 0 Å². The number of anilines is 1. The summed E-state index contributed by atoms with van der Waals surface area (Å²) in [7, 11) is 4.89. The summed E-state index contributed by atoms with van der Waals surface area (Å²) in [4.78, 5) is 13.0. The second-order valence-corrected chi connectivity index (χ2v) is 4.87. The van der Waals surface area contributed by atoms with Crippen molar-refractivity contribution in [3.05, 3.63) is 17.7 Å². The van der Waals surface area contributed by atoms with E-state index in [0.29, 0.717) is 17.2 Å². The fourth-order valence-electron chi connectivity index (χ4n) is 1.85. The van der Waals surface area contributed by atoms with Crippen molar-refractivity contribution in [2.75, 3.05) is 26.2 Å². The van der Waals surface area contributed by atoms with Gasteiger partial charge in [-0.2, -0.15) is 0 Å². The molecule has 0 aliphatic heterocycles. The van der Waals surface area contributed by atoms with E-state index in [4.69, 9.17) is 9.47 Å². The van der Waals surface area contributed by atoms with Crippen molar-refractivity contribution in [2.24, 2.45) is 0 Å². The van der Waals surface area contributed by atoms with Crippen LogP contribution in [0.1, 0.15) is 19.4 Å². The zero-order valence-electron chi connectivity index (χ0n) is 12.3. The minimum atomic E-state index is -1.03. The van der Waals surface area contributed by atoms with Crippen molar-refractivity contribution in [1.82, 2.24) is 0 Å². The van der Waals surface area contributed by atoms with Gasteiger partial charge in [-0.15, -0.1) is 0 Å². The molecule has 1 aromatic carbocycles. The summed E-state index contributed by atoms with van der Waals surface area (Å²) in [5.41, 5.74) is 0.526. The predicted molar refractivity (Wildman–Crippen MR) is 74.4 cm³/mol. The normalized spacial score (nSPS) is 11.1. The molecular formula is C14H21NO4. The molecule has 0 bridgehead atoms. The zero-order valence-corrected chi connectivity index (χ0v) is 12.3. The molecule has 0 aliphatic rings. The third kappa shape index (κ3) is 2.59. The van der Waals surface area contributed by atoms with Gasteiger partial charge in [0.1, 0.15) is 17.0 Å². The third-order valence-corrected chi connectivity index (χ3v) is 3.48. The molecule has 0 atom stereocenters. The number of aliphatic carboxylic acids is 1. The lowest BCUT2D eigenvalue weighted by molar-refractivity contribution is -0.142. The van der Waals surface area contributed by atoms with Crippen molar-refractivity contribution in [3.8, 4) is 11.5 Å². The first-order valence-corrected chi connectivity index (χ1v) is 5.96. The van der Waals surface area contributed by atoms with E-state index in [-0.39, 0.29) is 0 Å². The quantitative estimate of drug-likeness (QED) is 0.887. The molecule has 0 saturated heterocycles. The number of hydrogen-bond donors (Lipinski definition) is 1. The van der Waals surface area contributed by atoms with Gasteiger partial charge in [-0.05, 0) is 32.9 Å². The Morgan fingerprint density at radius 1 is 1.26 bits per heavy atom. The predicted octanol–water partition coefficient (Wildman–Crippen LogP) is 2.31. The monoisotopic (exact) mass is 267 g/mol. The number of carbonyl (C=O) groups is 1. The van der Waals surface area contributed by atoms with E-state index in [2.05, 4.69) is 0 Å². The number of carboxylic acid groups (broad SMARTS) is 1. The molecule has 1 aromatic rings. The summed E-state index contributed by atoms with van der Waals surface area (Å²) in [6.07, 6.45) is 0. The van der Waals surface area contributed by atoms with Crippen molar-refractivity contribution in [3.63, 3.8) is 0 Å². The molecule has 0 fully saturated rings. The van der Waals surface area contributed by atoms with Gasteiger partial charge in [-0.25, -0.2) is 4.79 Å². The molecule has 5 heteroatoms. The van der Waals surface area contributed by atoms with Crippen LogP contribution in [0, 0.1) is 6.92 Å². The Kier molecular flexibility index (Phi) is 4.29. The summed E-state index contributed by atoms with van der Waals surface area (Å²) >= 11 is 0. The van der Waals surface area contributed by atoms with Crippen LogP contribution in [0.5, 0.6) is 11.5 Å². The van der Waals surface area contributed by atoms with Gasteiger partial charge >= 0.3 is 5.97 Å². The highest BCUT2D eigenvalue weighted by Gasteiger charge is 2.34. The molecule has 0 unspecified atom stereocenters. The maximum Gasteiger partial charge on any atom is 0.328 e. The molecule has 0 saturated carbocycles. The molecule has 0 spiro atoms. The Balaban J connectivity index is 3.36. The van der Waals surface area contributed by atoms with E-state index in [1.165, 1.54) is 0 Å². The van der Waals surface area contributed by atoms with Crippen molar-refractivity contribution in [2.45, 2.75) is 26.3 Å². The number of ether oxygens (including phenoxy) is 2. The standard InChI is InChI=1S/C14H21NO4/c1-9-11(18-5)8-7-10(12(9)19-6)15(4)14(2,3)13(16)17/h7-8H,1-6H3,(H,16,17). The van der Waals surface area contributed by atoms with Gasteiger partial charge in [0, 0.05) is 12.6 Å². The Labute approximate surface area is 113 Å². The van der Waals surface area contributed by atoms with Crippen LogP contribution in [0.3, 0.4) is 0 Å². The third-order valence-electron chi connectivity index (χ3n) is 3.48. The van der Waals surface area contributed by atoms with Gasteiger partial charge in [0.2, 0.25) is 0 Å². The number of hydrogen-bond acceptors (Lipinski definition) is 4. The van der Waals surface area contributed by atoms with Gasteiger partial charge < -0.3 is 19.5 Å². The molecule has 0 heterocycles. The minimum absolute atomic E-state index is 0.621. The summed E-state index contributed by atoms with van der Waals surface area (Å²) < 4.78 is 10.6. The molecule has 0 aliphatic carbocycles. The van der Waals surface area contributed by atoms with E-state index in [1.54, 1.807) is 46.1 Å². The summed E-state index contributed by atoms with van der Waals surface area (Å²) in [6.45, 7) is 5.17. The highest BCUT2D eigenvalue weighted by molar-refractivity contribution is 5.83. The van der Waals surface area contributed by atoms with Crippen LogP contribution in [-0.4, -0.2) is 37.9 Å². The zero-order chi connectivity index (χ0) is 14.8. The number of carboxylic acids is 1. The number of rotatable bonds is 5. The van der Waals surface area contributed by atoms with Crippen LogP contribution >= 0.6 is 0 Å².